The minimum absolute atomic E-state index is 0.206. The van der Waals surface area contributed by atoms with Gasteiger partial charge in [0.1, 0.15) is 0 Å². The molecule has 6 nitrogen and oxygen atoms in total. The Morgan fingerprint density at radius 1 is 1.18 bits per heavy atom. The molecule has 2 heterocycles. The van der Waals surface area contributed by atoms with E-state index < -0.39 is 17.6 Å². The van der Waals surface area contributed by atoms with Gasteiger partial charge in [0.25, 0.3) is 5.91 Å². The molecule has 0 radical (unpaired) electrons. The van der Waals surface area contributed by atoms with Gasteiger partial charge in [-0.2, -0.15) is 18.3 Å². The van der Waals surface area contributed by atoms with Gasteiger partial charge < -0.3 is 10.1 Å². The lowest BCUT2D eigenvalue weighted by atomic mass is 10.2. The van der Waals surface area contributed by atoms with Crippen molar-refractivity contribution in [3.05, 3.63) is 65.1 Å². The Morgan fingerprint density at radius 3 is 2.61 bits per heavy atom. The predicted molar refractivity (Wildman–Crippen MR) is 96.8 cm³/mol. The zero-order valence-electron chi connectivity index (χ0n) is 15.3. The molecule has 0 aliphatic heterocycles. The van der Waals surface area contributed by atoms with Gasteiger partial charge in [0.05, 0.1) is 35.8 Å². The number of hydrogen-bond donors (Lipinski definition) is 1. The van der Waals surface area contributed by atoms with Crippen LogP contribution >= 0.6 is 0 Å². The summed E-state index contributed by atoms with van der Waals surface area (Å²) in [5.74, 6) is 0.146. The topological polar surface area (TPSA) is 69.0 Å². The van der Waals surface area contributed by atoms with Gasteiger partial charge in [-0.05, 0) is 44.2 Å². The molecule has 9 heteroatoms. The number of anilines is 1. The van der Waals surface area contributed by atoms with E-state index in [0.717, 1.165) is 12.1 Å². The van der Waals surface area contributed by atoms with Crippen LogP contribution < -0.4 is 10.1 Å². The Bertz CT molecular complexity index is 1030. The molecule has 3 rings (SSSR count). The Balaban J connectivity index is 1.92. The van der Waals surface area contributed by atoms with Crippen LogP contribution in [0.4, 0.5) is 19.0 Å². The van der Waals surface area contributed by atoms with E-state index >= 15 is 0 Å². The molecule has 3 aromatic rings. The Morgan fingerprint density at radius 2 is 1.93 bits per heavy atom. The van der Waals surface area contributed by atoms with E-state index in [9.17, 15) is 18.0 Å². The standard InChI is InChI=1S/C19H17F3N4O2/c1-11-7-8-16(28-3)17(24-11)25-18(27)15-10-23-26(12(15)2)14-6-4-5-13(9-14)19(20,21)22/h4-10H,1-3H3,(H,24,25,27). The van der Waals surface area contributed by atoms with Gasteiger partial charge in [-0.3, -0.25) is 4.79 Å². The predicted octanol–water partition coefficient (Wildman–Crippen LogP) is 4.16. The van der Waals surface area contributed by atoms with Crippen molar-refractivity contribution in [3.8, 4) is 11.4 Å². The number of benzene rings is 1. The van der Waals surface area contributed by atoms with Crippen LogP contribution in [0.3, 0.4) is 0 Å². The number of methoxy groups -OCH3 is 1. The highest BCUT2D eigenvalue weighted by Gasteiger charge is 2.30. The van der Waals surface area contributed by atoms with Crippen molar-refractivity contribution < 1.29 is 22.7 Å². The molecule has 1 aromatic carbocycles. The minimum atomic E-state index is -4.47. The maximum atomic E-state index is 13.0. The number of ether oxygens (including phenoxy) is 1. The average Bonchev–Trinajstić information content (AvgIpc) is 3.03. The van der Waals surface area contributed by atoms with Crippen LogP contribution in [0.1, 0.15) is 27.3 Å². The smallest absolute Gasteiger partial charge is 0.416 e. The van der Waals surface area contributed by atoms with Crippen LogP contribution in [-0.4, -0.2) is 27.8 Å². The number of halogens is 3. The summed E-state index contributed by atoms with van der Waals surface area (Å²) in [7, 11) is 1.46. The van der Waals surface area contributed by atoms with E-state index in [-0.39, 0.29) is 17.1 Å². The zero-order chi connectivity index (χ0) is 20.5. The molecule has 0 aliphatic carbocycles. The number of carbonyl (C=O) groups excluding carboxylic acids is 1. The maximum absolute atomic E-state index is 13.0. The van der Waals surface area contributed by atoms with E-state index in [1.165, 1.54) is 30.1 Å². The summed E-state index contributed by atoms with van der Waals surface area (Å²) >= 11 is 0. The van der Waals surface area contributed by atoms with Crippen molar-refractivity contribution in [2.75, 3.05) is 12.4 Å². The monoisotopic (exact) mass is 390 g/mol. The number of aromatic nitrogens is 3. The normalized spacial score (nSPS) is 11.4. The summed E-state index contributed by atoms with van der Waals surface area (Å²) in [4.78, 5) is 16.9. The Hall–Kier alpha value is -3.36. The molecular weight excluding hydrogens is 373 g/mol. The Kier molecular flexibility index (Phi) is 5.08. The molecule has 0 spiro atoms. The molecule has 1 N–H and O–H groups in total. The minimum Gasteiger partial charge on any atom is -0.493 e. The average molecular weight is 390 g/mol. The van der Waals surface area contributed by atoms with E-state index in [1.807, 2.05) is 0 Å². The molecule has 0 aliphatic rings. The number of amides is 1. The lowest BCUT2D eigenvalue weighted by Crippen LogP contribution is -2.15. The van der Waals surface area contributed by atoms with Crippen molar-refractivity contribution in [2.45, 2.75) is 20.0 Å². The number of aryl methyl sites for hydroxylation is 1. The second-order valence-corrected chi connectivity index (χ2v) is 6.06. The quantitative estimate of drug-likeness (QED) is 0.726. The van der Waals surface area contributed by atoms with Gasteiger partial charge in [0.2, 0.25) is 0 Å². The first-order valence-electron chi connectivity index (χ1n) is 8.26. The molecule has 28 heavy (non-hydrogen) atoms. The summed E-state index contributed by atoms with van der Waals surface area (Å²) < 4.78 is 45.3. The van der Waals surface area contributed by atoms with Gasteiger partial charge in [0.15, 0.2) is 11.6 Å². The SMILES string of the molecule is COc1ccc(C)nc1NC(=O)c1cnn(-c2cccc(C(F)(F)F)c2)c1C. The highest BCUT2D eigenvalue weighted by atomic mass is 19.4. The molecule has 146 valence electrons. The molecule has 0 saturated heterocycles. The first-order valence-corrected chi connectivity index (χ1v) is 8.26. The second-order valence-electron chi connectivity index (χ2n) is 6.06. The third-order valence-electron chi connectivity index (χ3n) is 4.12. The van der Waals surface area contributed by atoms with Crippen LogP contribution in [0.15, 0.2) is 42.6 Å². The fraction of sp³-hybridized carbons (Fsp3) is 0.211. The van der Waals surface area contributed by atoms with E-state index in [0.29, 0.717) is 17.1 Å². The summed E-state index contributed by atoms with van der Waals surface area (Å²) in [6.45, 7) is 3.37. The summed E-state index contributed by atoms with van der Waals surface area (Å²) in [5.41, 5.74) is 0.705. The third kappa shape index (κ3) is 3.83. The van der Waals surface area contributed by atoms with Crippen LogP contribution in [0.5, 0.6) is 5.75 Å². The number of hydrogen-bond acceptors (Lipinski definition) is 4. The molecule has 0 saturated carbocycles. The van der Waals surface area contributed by atoms with Crippen molar-refractivity contribution in [1.82, 2.24) is 14.8 Å². The summed E-state index contributed by atoms with van der Waals surface area (Å²) in [6, 6.07) is 8.16. The van der Waals surface area contributed by atoms with E-state index in [4.69, 9.17) is 4.74 Å². The molecule has 0 bridgehead atoms. The first kappa shape index (κ1) is 19.4. The van der Waals surface area contributed by atoms with Crippen molar-refractivity contribution in [3.63, 3.8) is 0 Å². The van der Waals surface area contributed by atoms with Crippen molar-refractivity contribution in [2.24, 2.45) is 0 Å². The highest BCUT2D eigenvalue weighted by molar-refractivity contribution is 6.05. The maximum Gasteiger partial charge on any atom is 0.416 e. The van der Waals surface area contributed by atoms with Gasteiger partial charge >= 0.3 is 6.18 Å². The number of pyridine rings is 1. The number of nitrogens with one attached hydrogen (secondary N) is 1. The molecule has 0 atom stereocenters. The molecular formula is C19H17F3N4O2. The van der Waals surface area contributed by atoms with Crippen LogP contribution in [0, 0.1) is 13.8 Å². The Labute approximate surface area is 159 Å². The lowest BCUT2D eigenvalue weighted by Gasteiger charge is -2.11. The summed E-state index contributed by atoms with van der Waals surface area (Å²) in [6.07, 6.45) is -3.17. The van der Waals surface area contributed by atoms with Gasteiger partial charge in [0, 0.05) is 5.69 Å². The van der Waals surface area contributed by atoms with Crippen LogP contribution in [0.25, 0.3) is 5.69 Å². The van der Waals surface area contributed by atoms with E-state index in [2.05, 4.69) is 15.4 Å². The van der Waals surface area contributed by atoms with Crippen LogP contribution in [-0.2, 0) is 6.18 Å². The van der Waals surface area contributed by atoms with Crippen molar-refractivity contribution in [1.29, 1.82) is 0 Å². The zero-order valence-corrected chi connectivity index (χ0v) is 15.3. The second kappa shape index (κ2) is 7.34. The number of carbonyl (C=O) groups is 1. The highest BCUT2D eigenvalue weighted by Crippen LogP contribution is 2.30. The molecule has 1 amide bonds. The third-order valence-corrected chi connectivity index (χ3v) is 4.12. The molecule has 2 aromatic heterocycles. The van der Waals surface area contributed by atoms with Gasteiger partial charge in [-0.1, -0.05) is 6.07 Å². The van der Waals surface area contributed by atoms with Gasteiger partial charge in [-0.15, -0.1) is 0 Å². The molecule has 0 unspecified atom stereocenters. The fourth-order valence-corrected chi connectivity index (χ4v) is 2.68. The first-order chi connectivity index (χ1) is 13.2. The van der Waals surface area contributed by atoms with Crippen molar-refractivity contribution >= 4 is 11.7 Å². The molecule has 0 fully saturated rings. The largest absolute Gasteiger partial charge is 0.493 e. The number of nitrogens with zero attached hydrogens (tertiary/aromatic N) is 3. The van der Waals surface area contributed by atoms with E-state index in [1.54, 1.807) is 26.0 Å². The summed E-state index contributed by atoms with van der Waals surface area (Å²) in [5, 5.41) is 6.72. The lowest BCUT2D eigenvalue weighted by molar-refractivity contribution is -0.137. The van der Waals surface area contributed by atoms with Crippen LogP contribution in [0.2, 0.25) is 0 Å². The fourth-order valence-electron chi connectivity index (χ4n) is 2.68. The van der Waals surface area contributed by atoms with Gasteiger partial charge in [-0.25, -0.2) is 9.67 Å². The number of alkyl halides is 3. The number of rotatable bonds is 4.